The predicted molar refractivity (Wildman–Crippen MR) is 84.9 cm³/mol. The molecule has 0 aliphatic carbocycles. The van der Waals surface area contributed by atoms with Crippen LogP contribution in [0, 0.1) is 5.41 Å². The summed E-state index contributed by atoms with van der Waals surface area (Å²) in [5, 5.41) is 0. The lowest BCUT2D eigenvalue weighted by atomic mass is 9.81. The van der Waals surface area contributed by atoms with Gasteiger partial charge in [0.25, 0.3) is 0 Å². The number of rotatable bonds is 3. The van der Waals surface area contributed by atoms with E-state index in [0.717, 1.165) is 32.0 Å². The van der Waals surface area contributed by atoms with Crippen LogP contribution in [-0.4, -0.2) is 48.1 Å². The van der Waals surface area contributed by atoms with Crippen LogP contribution in [-0.2, 0) is 0 Å². The normalized spacial score (nSPS) is 20.8. The first-order valence-electron chi connectivity index (χ1n) is 7.55. The molecule has 1 saturated heterocycles. The lowest BCUT2D eigenvalue weighted by Crippen LogP contribution is -2.59. The highest BCUT2D eigenvalue weighted by Gasteiger charge is 2.34. The average molecular weight is 276 g/mol. The standard InChI is InChI=1S/C16H28N4/c1-13(17)15(16(2,3)4)20-11-9-19(10-12-20)14-7-5-6-8-18-14/h5-8,13,15H,9-12,17H2,1-4H3. The summed E-state index contributed by atoms with van der Waals surface area (Å²) in [7, 11) is 0. The van der Waals surface area contributed by atoms with E-state index < -0.39 is 0 Å². The van der Waals surface area contributed by atoms with E-state index >= 15 is 0 Å². The highest BCUT2D eigenvalue weighted by molar-refractivity contribution is 5.38. The van der Waals surface area contributed by atoms with E-state index in [9.17, 15) is 0 Å². The van der Waals surface area contributed by atoms with E-state index in [0.29, 0.717) is 6.04 Å². The Hall–Kier alpha value is -1.13. The molecule has 0 spiro atoms. The summed E-state index contributed by atoms with van der Waals surface area (Å²) in [6.45, 7) is 13.1. The molecular formula is C16H28N4. The molecule has 2 unspecified atom stereocenters. The summed E-state index contributed by atoms with van der Waals surface area (Å²) in [6.07, 6.45) is 1.86. The van der Waals surface area contributed by atoms with Crippen molar-refractivity contribution in [2.45, 2.75) is 39.8 Å². The highest BCUT2D eigenvalue weighted by Crippen LogP contribution is 2.27. The Bertz CT molecular complexity index is 402. The van der Waals surface area contributed by atoms with Crippen LogP contribution in [0.15, 0.2) is 24.4 Å². The van der Waals surface area contributed by atoms with Gasteiger partial charge in [-0.3, -0.25) is 4.90 Å². The fourth-order valence-electron chi connectivity index (χ4n) is 3.44. The molecule has 1 aromatic rings. The van der Waals surface area contributed by atoms with Crippen molar-refractivity contribution in [3.63, 3.8) is 0 Å². The molecule has 0 bridgehead atoms. The summed E-state index contributed by atoms with van der Waals surface area (Å²) in [5.41, 5.74) is 6.44. The first-order chi connectivity index (χ1) is 9.39. The number of nitrogens with zero attached hydrogens (tertiary/aromatic N) is 3. The maximum Gasteiger partial charge on any atom is 0.128 e. The minimum absolute atomic E-state index is 0.191. The van der Waals surface area contributed by atoms with Gasteiger partial charge in [0.1, 0.15) is 5.82 Å². The van der Waals surface area contributed by atoms with Gasteiger partial charge >= 0.3 is 0 Å². The summed E-state index contributed by atoms with van der Waals surface area (Å²) >= 11 is 0. The first kappa shape index (κ1) is 15.3. The van der Waals surface area contributed by atoms with Crippen molar-refractivity contribution in [2.24, 2.45) is 11.1 Å². The highest BCUT2D eigenvalue weighted by atomic mass is 15.3. The van der Waals surface area contributed by atoms with Crippen molar-refractivity contribution in [1.29, 1.82) is 0 Å². The average Bonchev–Trinajstić information content (AvgIpc) is 2.38. The Morgan fingerprint density at radius 1 is 1.15 bits per heavy atom. The maximum absolute atomic E-state index is 6.23. The van der Waals surface area contributed by atoms with Crippen LogP contribution in [0.2, 0.25) is 0 Å². The zero-order chi connectivity index (χ0) is 14.8. The van der Waals surface area contributed by atoms with Gasteiger partial charge in [-0.1, -0.05) is 26.8 Å². The summed E-state index contributed by atoms with van der Waals surface area (Å²) in [4.78, 5) is 9.34. The van der Waals surface area contributed by atoms with E-state index in [1.807, 2.05) is 12.3 Å². The molecule has 112 valence electrons. The molecule has 2 rings (SSSR count). The Morgan fingerprint density at radius 3 is 2.25 bits per heavy atom. The van der Waals surface area contributed by atoms with Gasteiger partial charge in [0, 0.05) is 44.5 Å². The van der Waals surface area contributed by atoms with Crippen LogP contribution in [0.25, 0.3) is 0 Å². The Morgan fingerprint density at radius 2 is 1.80 bits per heavy atom. The van der Waals surface area contributed by atoms with Crippen molar-refractivity contribution in [3.05, 3.63) is 24.4 Å². The smallest absolute Gasteiger partial charge is 0.128 e. The van der Waals surface area contributed by atoms with Crippen LogP contribution in [0.5, 0.6) is 0 Å². The van der Waals surface area contributed by atoms with Crippen LogP contribution >= 0.6 is 0 Å². The molecule has 1 aliphatic rings. The van der Waals surface area contributed by atoms with Gasteiger partial charge in [0.2, 0.25) is 0 Å². The van der Waals surface area contributed by atoms with E-state index in [4.69, 9.17) is 5.73 Å². The molecule has 1 fully saturated rings. The van der Waals surface area contributed by atoms with Gasteiger partial charge in [-0.2, -0.15) is 0 Å². The lowest BCUT2D eigenvalue weighted by molar-refractivity contribution is 0.0765. The van der Waals surface area contributed by atoms with Gasteiger partial charge in [0.05, 0.1) is 0 Å². The van der Waals surface area contributed by atoms with Crippen molar-refractivity contribution >= 4 is 5.82 Å². The van der Waals surface area contributed by atoms with E-state index in [-0.39, 0.29) is 11.5 Å². The second kappa shape index (κ2) is 6.10. The largest absolute Gasteiger partial charge is 0.354 e. The van der Waals surface area contributed by atoms with Crippen LogP contribution in [0.1, 0.15) is 27.7 Å². The zero-order valence-electron chi connectivity index (χ0n) is 13.2. The number of pyridine rings is 1. The van der Waals surface area contributed by atoms with Crippen molar-refractivity contribution in [1.82, 2.24) is 9.88 Å². The number of aromatic nitrogens is 1. The van der Waals surface area contributed by atoms with Crippen molar-refractivity contribution < 1.29 is 0 Å². The molecule has 4 nitrogen and oxygen atoms in total. The fourth-order valence-corrected chi connectivity index (χ4v) is 3.44. The van der Waals surface area contributed by atoms with E-state index in [1.165, 1.54) is 0 Å². The third kappa shape index (κ3) is 3.49. The Balaban J connectivity index is 2.00. The molecule has 20 heavy (non-hydrogen) atoms. The lowest BCUT2D eigenvalue weighted by Gasteiger charge is -2.46. The minimum atomic E-state index is 0.191. The molecule has 2 atom stereocenters. The topological polar surface area (TPSA) is 45.4 Å². The summed E-state index contributed by atoms with van der Waals surface area (Å²) < 4.78 is 0. The molecule has 2 N–H and O–H groups in total. The predicted octanol–water partition coefficient (Wildman–Crippen LogP) is 1.97. The van der Waals surface area contributed by atoms with Gasteiger partial charge < -0.3 is 10.6 Å². The van der Waals surface area contributed by atoms with Gasteiger partial charge in [-0.15, -0.1) is 0 Å². The third-order valence-electron chi connectivity index (χ3n) is 4.07. The number of anilines is 1. The minimum Gasteiger partial charge on any atom is -0.354 e. The van der Waals surface area contributed by atoms with E-state index in [1.54, 1.807) is 0 Å². The molecule has 0 aromatic carbocycles. The van der Waals surface area contributed by atoms with Crippen LogP contribution in [0.4, 0.5) is 5.82 Å². The molecule has 1 aliphatic heterocycles. The third-order valence-corrected chi connectivity index (χ3v) is 4.07. The summed E-state index contributed by atoms with van der Waals surface area (Å²) in [6, 6.07) is 6.72. The number of hydrogen-bond acceptors (Lipinski definition) is 4. The second-order valence-corrected chi connectivity index (χ2v) is 6.88. The zero-order valence-corrected chi connectivity index (χ0v) is 13.2. The molecular weight excluding hydrogens is 248 g/mol. The van der Waals surface area contributed by atoms with Crippen LogP contribution < -0.4 is 10.6 Å². The molecule has 4 heteroatoms. The van der Waals surface area contributed by atoms with Crippen molar-refractivity contribution in [3.8, 4) is 0 Å². The maximum atomic E-state index is 6.23. The quantitative estimate of drug-likeness (QED) is 0.917. The van der Waals surface area contributed by atoms with Gasteiger partial charge in [0.15, 0.2) is 0 Å². The Labute approximate surface area is 123 Å². The monoisotopic (exact) mass is 276 g/mol. The fraction of sp³-hybridized carbons (Fsp3) is 0.688. The van der Waals surface area contributed by atoms with Crippen molar-refractivity contribution in [2.75, 3.05) is 31.1 Å². The number of nitrogens with two attached hydrogens (primary N) is 1. The molecule has 0 saturated carbocycles. The van der Waals surface area contributed by atoms with E-state index in [2.05, 4.69) is 54.6 Å². The SMILES string of the molecule is CC(N)C(N1CCN(c2ccccn2)CC1)C(C)(C)C. The molecule has 0 radical (unpaired) electrons. The van der Waals surface area contributed by atoms with Gasteiger partial charge in [-0.05, 0) is 24.5 Å². The summed E-state index contributed by atoms with van der Waals surface area (Å²) in [5.74, 6) is 1.08. The Kier molecular flexibility index (Phi) is 4.66. The molecule has 1 aromatic heterocycles. The number of piperazine rings is 1. The van der Waals surface area contributed by atoms with Gasteiger partial charge in [-0.25, -0.2) is 4.98 Å². The van der Waals surface area contributed by atoms with Crippen LogP contribution in [0.3, 0.4) is 0 Å². The first-order valence-corrected chi connectivity index (χ1v) is 7.55. The molecule has 0 amide bonds. The number of hydrogen-bond donors (Lipinski definition) is 1. The molecule has 2 heterocycles. The second-order valence-electron chi connectivity index (χ2n) is 6.88.